The zero-order chi connectivity index (χ0) is 15.5. The number of ether oxygens (including phenoxy) is 1. The molecular weight excluding hydrogens is 283 g/mol. The van der Waals surface area contributed by atoms with E-state index in [0.717, 1.165) is 25.3 Å². The van der Waals surface area contributed by atoms with E-state index in [0.29, 0.717) is 6.42 Å². The van der Waals surface area contributed by atoms with Crippen LogP contribution in [-0.4, -0.2) is 23.9 Å². The van der Waals surface area contributed by atoms with E-state index >= 15 is 0 Å². The highest BCUT2D eigenvalue weighted by Gasteiger charge is 2.39. The van der Waals surface area contributed by atoms with Gasteiger partial charge >= 0.3 is 6.18 Å². The maximum Gasteiger partial charge on any atom is 0.419 e. The van der Waals surface area contributed by atoms with Crippen molar-refractivity contribution in [3.63, 3.8) is 0 Å². The molecule has 0 saturated heterocycles. The van der Waals surface area contributed by atoms with Crippen LogP contribution in [0.5, 0.6) is 5.75 Å². The van der Waals surface area contributed by atoms with Crippen molar-refractivity contribution in [2.75, 3.05) is 13.2 Å². The molecule has 1 aliphatic carbocycles. The molecule has 118 valence electrons. The molecule has 0 spiro atoms. The van der Waals surface area contributed by atoms with E-state index in [4.69, 9.17) is 10.5 Å². The van der Waals surface area contributed by atoms with Gasteiger partial charge in [0.05, 0.1) is 18.8 Å². The normalized spacial score (nSPS) is 26.0. The summed E-state index contributed by atoms with van der Waals surface area (Å²) in [5.41, 5.74) is 4.71. The van der Waals surface area contributed by atoms with Crippen LogP contribution in [0, 0.1) is 5.92 Å². The predicted molar refractivity (Wildman–Crippen MR) is 72.9 cm³/mol. The maximum absolute atomic E-state index is 12.8. The van der Waals surface area contributed by atoms with Gasteiger partial charge in [-0.25, -0.2) is 0 Å². The Bertz CT molecular complexity index is 478. The highest BCUT2D eigenvalue weighted by Crippen LogP contribution is 2.38. The van der Waals surface area contributed by atoms with Crippen LogP contribution in [0.25, 0.3) is 0 Å². The van der Waals surface area contributed by atoms with E-state index in [-0.39, 0.29) is 24.9 Å². The molecule has 3 nitrogen and oxygen atoms in total. The van der Waals surface area contributed by atoms with E-state index in [9.17, 15) is 18.3 Å². The third-order valence-electron chi connectivity index (χ3n) is 4.22. The lowest BCUT2D eigenvalue weighted by Gasteiger charge is -2.29. The number of hydrogen-bond acceptors (Lipinski definition) is 3. The Balaban J connectivity index is 1.96. The molecule has 2 unspecified atom stereocenters. The number of alkyl halides is 3. The number of hydrogen-bond donors (Lipinski definition) is 2. The van der Waals surface area contributed by atoms with Gasteiger partial charge in [-0.05, 0) is 37.3 Å². The smallest absolute Gasteiger partial charge is 0.419 e. The summed E-state index contributed by atoms with van der Waals surface area (Å²) < 4.78 is 43.8. The fraction of sp³-hybridized carbons (Fsp3) is 0.600. The molecule has 2 atom stereocenters. The van der Waals surface area contributed by atoms with Crippen LogP contribution >= 0.6 is 0 Å². The maximum atomic E-state index is 12.8. The molecule has 0 bridgehead atoms. The predicted octanol–water partition coefficient (Wildman–Crippen LogP) is 2.96. The summed E-state index contributed by atoms with van der Waals surface area (Å²) in [6.07, 6.45) is -1.33. The standard InChI is InChI=1S/C15H20F3NO2/c16-15(17,18)12-5-1-2-6-13(12)21-9-7-11-4-3-8-14(11,19)10-20/h1-2,5-6,11,20H,3-4,7-10,19H2. The average Bonchev–Trinajstić information content (AvgIpc) is 2.80. The number of benzene rings is 1. The van der Waals surface area contributed by atoms with Gasteiger partial charge in [-0.2, -0.15) is 13.2 Å². The third-order valence-corrected chi connectivity index (χ3v) is 4.22. The first-order chi connectivity index (χ1) is 9.87. The molecule has 6 heteroatoms. The van der Waals surface area contributed by atoms with Crippen molar-refractivity contribution in [2.45, 2.75) is 37.4 Å². The van der Waals surface area contributed by atoms with Crippen molar-refractivity contribution in [3.8, 4) is 5.75 Å². The van der Waals surface area contributed by atoms with E-state index in [1.54, 1.807) is 0 Å². The Morgan fingerprint density at radius 2 is 2.05 bits per heavy atom. The molecule has 1 saturated carbocycles. The number of para-hydroxylation sites is 1. The van der Waals surface area contributed by atoms with E-state index in [2.05, 4.69) is 0 Å². The van der Waals surface area contributed by atoms with Gasteiger partial charge in [0.2, 0.25) is 0 Å². The average molecular weight is 303 g/mol. The van der Waals surface area contributed by atoms with Crippen molar-refractivity contribution >= 4 is 0 Å². The lowest BCUT2D eigenvalue weighted by molar-refractivity contribution is -0.139. The zero-order valence-electron chi connectivity index (χ0n) is 11.7. The summed E-state index contributed by atoms with van der Waals surface area (Å²) in [5, 5.41) is 9.35. The van der Waals surface area contributed by atoms with Crippen LogP contribution in [0.4, 0.5) is 13.2 Å². The van der Waals surface area contributed by atoms with Crippen LogP contribution in [0.3, 0.4) is 0 Å². The summed E-state index contributed by atoms with van der Waals surface area (Å²) in [6, 6.07) is 5.18. The number of rotatable bonds is 5. The van der Waals surface area contributed by atoms with Crippen LogP contribution in [-0.2, 0) is 6.18 Å². The van der Waals surface area contributed by atoms with Gasteiger partial charge in [0.15, 0.2) is 0 Å². The molecule has 0 aromatic heterocycles. The lowest BCUT2D eigenvalue weighted by Crippen LogP contribution is -2.47. The summed E-state index contributed by atoms with van der Waals surface area (Å²) >= 11 is 0. The molecule has 0 aliphatic heterocycles. The molecular formula is C15H20F3NO2. The molecule has 21 heavy (non-hydrogen) atoms. The van der Waals surface area contributed by atoms with Gasteiger partial charge in [-0.3, -0.25) is 0 Å². The van der Waals surface area contributed by atoms with Gasteiger partial charge in [0, 0.05) is 5.54 Å². The molecule has 3 N–H and O–H groups in total. The minimum absolute atomic E-state index is 0.0838. The largest absolute Gasteiger partial charge is 0.493 e. The molecule has 1 aromatic carbocycles. The second-order valence-corrected chi connectivity index (χ2v) is 5.61. The van der Waals surface area contributed by atoms with Gasteiger partial charge < -0.3 is 15.6 Å². The molecule has 0 heterocycles. The van der Waals surface area contributed by atoms with Crippen molar-refractivity contribution in [1.29, 1.82) is 0 Å². The SMILES string of the molecule is NC1(CO)CCCC1CCOc1ccccc1C(F)(F)F. The second kappa shape index (κ2) is 6.23. The van der Waals surface area contributed by atoms with Gasteiger partial charge in [0.25, 0.3) is 0 Å². The molecule has 1 aliphatic rings. The fourth-order valence-electron chi connectivity index (χ4n) is 2.95. The minimum Gasteiger partial charge on any atom is -0.493 e. The van der Waals surface area contributed by atoms with E-state index < -0.39 is 17.3 Å². The summed E-state index contributed by atoms with van der Waals surface area (Å²) in [7, 11) is 0. The van der Waals surface area contributed by atoms with Crippen molar-refractivity contribution < 1.29 is 23.0 Å². The topological polar surface area (TPSA) is 55.5 Å². The summed E-state index contributed by atoms with van der Waals surface area (Å²) in [5.74, 6) is -0.0739. The number of aliphatic hydroxyl groups is 1. The van der Waals surface area contributed by atoms with Crippen LogP contribution < -0.4 is 10.5 Å². The highest BCUT2D eigenvalue weighted by molar-refractivity contribution is 5.35. The third kappa shape index (κ3) is 3.68. The number of nitrogens with two attached hydrogens (primary N) is 1. The van der Waals surface area contributed by atoms with Crippen molar-refractivity contribution in [2.24, 2.45) is 11.7 Å². The minimum atomic E-state index is -4.42. The first kappa shape index (κ1) is 16.1. The quantitative estimate of drug-likeness (QED) is 0.879. The van der Waals surface area contributed by atoms with Crippen LogP contribution in [0.15, 0.2) is 24.3 Å². The number of aliphatic hydroxyl groups excluding tert-OH is 1. The molecule has 0 radical (unpaired) electrons. The Morgan fingerprint density at radius 1 is 1.33 bits per heavy atom. The van der Waals surface area contributed by atoms with E-state index in [1.807, 2.05) is 0 Å². The van der Waals surface area contributed by atoms with Gasteiger partial charge in [0.1, 0.15) is 5.75 Å². The highest BCUT2D eigenvalue weighted by atomic mass is 19.4. The Labute approximate surface area is 121 Å². The lowest BCUT2D eigenvalue weighted by atomic mass is 9.87. The Hall–Kier alpha value is -1.27. The fourth-order valence-corrected chi connectivity index (χ4v) is 2.95. The van der Waals surface area contributed by atoms with E-state index in [1.165, 1.54) is 18.2 Å². The van der Waals surface area contributed by atoms with Gasteiger partial charge in [-0.1, -0.05) is 18.6 Å². The summed E-state index contributed by atoms with van der Waals surface area (Å²) in [6.45, 7) is 0.0630. The summed E-state index contributed by atoms with van der Waals surface area (Å²) in [4.78, 5) is 0. The van der Waals surface area contributed by atoms with Crippen LogP contribution in [0.2, 0.25) is 0 Å². The monoisotopic (exact) mass is 303 g/mol. The molecule has 1 fully saturated rings. The molecule has 0 amide bonds. The van der Waals surface area contributed by atoms with Gasteiger partial charge in [-0.15, -0.1) is 0 Å². The first-order valence-electron chi connectivity index (χ1n) is 7.05. The second-order valence-electron chi connectivity index (χ2n) is 5.61. The zero-order valence-corrected chi connectivity index (χ0v) is 11.7. The van der Waals surface area contributed by atoms with Crippen molar-refractivity contribution in [1.82, 2.24) is 0 Å². The van der Waals surface area contributed by atoms with Crippen LogP contribution in [0.1, 0.15) is 31.2 Å². The number of halogens is 3. The molecule has 2 rings (SSSR count). The van der Waals surface area contributed by atoms with Crippen molar-refractivity contribution in [3.05, 3.63) is 29.8 Å². The first-order valence-corrected chi connectivity index (χ1v) is 7.05. The Kier molecular flexibility index (Phi) is 4.78. The Morgan fingerprint density at radius 3 is 2.71 bits per heavy atom. The molecule has 1 aromatic rings.